The molecule has 0 saturated carbocycles. The van der Waals surface area contributed by atoms with Gasteiger partial charge in [-0.25, -0.2) is 0 Å². The lowest BCUT2D eigenvalue weighted by Gasteiger charge is -1.90. The highest BCUT2D eigenvalue weighted by Crippen LogP contribution is 2.08. The maximum Gasteiger partial charge on any atom is 0.221 e. The van der Waals surface area contributed by atoms with Crippen LogP contribution in [0.25, 0.3) is 6.08 Å². The normalized spacial score (nSPS) is 10.8. The Bertz CT molecular complexity index is 512. The number of furan rings is 1. The van der Waals surface area contributed by atoms with Crippen molar-refractivity contribution in [2.75, 3.05) is 0 Å². The predicted octanol–water partition coefficient (Wildman–Crippen LogP) is 2.88. The lowest BCUT2D eigenvalue weighted by atomic mass is 10.2. The van der Waals surface area contributed by atoms with Crippen LogP contribution in [0.5, 0.6) is 0 Å². The fourth-order valence-corrected chi connectivity index (χ4v) is 1.30. The average molecular weight is 213 g/mol. The molecule has 2 heterocycles. The lowest BCUT2D eigenvalue weighted by molar-refractivity contribution is 0.102. The topological polar surface area (TPSA) is 43.1 Å². The molecule has 3 nitrogen and oxygen atoms in total. The Morgan fingerprint density at radius 3 is 2.88 bits per heavy atom. The second-order valence-corrected chi connectivity index (χ2v) is 3.39. The Balaban J connectivity index is 2.11. The summed E-state index contributed by atoms with van der Waals surface area (Å²) in [4.78, 5) is 15.6. The highest BCUT2D eigenvalue weighted by molar-refractivity contribution is 6.04. The molecule has 16 heavy (non-hydrogen) atoms. The van der Waals surface area contributed by atoms with Gasteiger partial charge in [0, 0.05) is 12.4 Å². The summed E-state index contributed by atoms with van der Waals surface area (Å²) in [7, 11) is 0. The van der Waals surface area contributed by atoms with Gasteiger partial charge < -0.3 is 4.42 Å². The van der Waals surface area contributed by atoms with Crippen molar-refractivity contribution in [3.05, 3.63) is 59.8 Å². The van der Waals surface area contributed by atoms with E-state index in [1.54, 1.807) is 30.6 Å². The minimum atomic E-state index is -0.142. The van der Waals surface area contributed by atoms with Crippen LogP contribution < -0.4 is 0 Å². The first kappa shape index (κ1) is 10.4. The molecule has 0 fully saturated rings. The van der Waals surface area contributed by atoms with Crippen LogP contribution >= 0.6 is 0 Å². The van der Waals surface area contributed by atoms with Crippen molar-refractivity contribution >= 4 is 11.9 Å². The molecule has 0 spiro atoms. The van der Waals surface area contributed by atoms with Crippen molar-refractivity contribution in [2.24, 2.45) is 0 Å². The van der Waals surface area contributed by atoms with Gasteiger partial charge in [-0.15, -0.1) is 0 Å². The van der Waals surface area contributed by atoms with Gasteiger partial charge in [0.2, 0.25) is 5.78 Å². The van der Waals surface area contributed by atoms with Gasteiger partial charge in [-0.05, 0) is 42.8 Å². The molecule has 0 aliphatic carbocycles. The first-order valence-corrected chi connectivity index (χ1v) is 4.94. The summed E-state index contributed by atoms with van der Waals surface area (Å²) in [6.07, 6.45) is 6.58. The van der Waals surface area contributed by atoms with Crippen LogP contribution in [0.3, 0.4) is 0 Å². The largest absolute Gasteiger partial charge is 0.458 e. The number of carbonyl (C=O) groups excluding carboxylic acids is 1. The molecule has 2 aromatic heterocycles. The highest BCUT2D eigenvalue weighted by atomic mass is 16.3. The lowest BCUT2D eigenvalue weighted by Crippen LogP contribution is -1.90. The van der Waals surface area contributed by atoms with Crippen molar-refractivity contribution in [2.45, 2.75) is 6.92 Å². The molecule has 0 unspecified atom stereocenters. The molecule has 0 bridgehead atoms. The van der Waals surface area contributed by atoms with Gasteiger partial charge in [0.05, 0.1) is 0 Å². The zero-order valence-electron chi connectivity index (χ0n) is 8.88. The molecule has 0 N–H and O–H groups in total. The summed E-state index contributed by atoms with van der Waals surface area (Å²) in [5.74, 6) is 0.952. The van der Waals surface area contributed by atoms with Crippen LogP contribution in [0.2, 0.25) is 0 Å². The molecule has 3 heteroatoms. The van der Waals surface area contributed by atoms with Crippen LogP contribution in [-0.4, -0.2) is 10.8 Å². The Morgan fingerprint density at radius 2 is 2.25 bits per heavy atom. The third kappa shape index (κ3) is 2.45. The smallest absolute Gasteiger partial charge is 0.221 e. The maximum atomic E-state index is 11.6. The van der Waals surface area contributed by atoms with Crippen LogP contribution in [0.15, 0.2) is 47.2 Å². The molecular weight excluding hydrogens is 202 g/mol. The van der Waals surface area contributed by atoms with Crippen molar-refractivity contribution in [3.8, 4) is 0 Å². The van der Waals surface area contributed by atoms with E-state index in [2.05, 4.69) is 4.98 Å². The molecule has 0 radical (unpaired) electrons. The van der Waals surface area contributed by atoms with E-state index in [0.717, 1.165) is 11.3 Å². The molecule has 0 aliphatic rings. The number of aryl methyl sites for hydroxylation is 1. The number of pyridine rings is 1. The van der Waals surface area contributed by atoms with E-state index in [-0.39, 0.29) is 5.78 Å². The molecule has 2 rings (SSSR count). The van der Waals surface area contributed by atoms with Crippen LogP contribution in [0, 0.1) is 6.92 Å². The van der Waals surface area contributed by atoms with Gasteiger partial charge in [-0.3, -0.25) is 9.78 Å². The summed E-state index contributed by atoms with van der Waals surface area (Å²) >= 11 is 0. The van der Waals surface area contributed by atoms with Gasteiger partial charge in [0.25, 0.3) is 0 Å². The standard InChI is InChI=1S/C13H11NO2/c1-10-4-7-13(16-10)12(15)6-5-11-3-2-8-14-9-11/h2-9H,1H3/b6-5+. The number of carbonyl (C=O) groups is 1. The number of nitrogens with zero attached hydrogens (tertiary/aromatic N) is 1. The third-order valence-electron chi connectivity index (χ3n) is 2.09. The van der Waals surface area contributed by atoms with E-state index < -0.39 is 0 Å². The maximum absolute atomic E-state index is 11.6. The SMILES string of the molecule is Cc1ccc(C(=O)/C=C/c2cccnc2)o1. The summed E-state index contributed by atoms with van der Waals surface area (Å²) in [5.41, 5.74) is 0.888. The van der Waals surface area contributed by atoms with Crippen molar-refractivity contribution in [1.29, 1.82) is 0 Å². The number of hydrogen-bond acceptors (Lipinski definition) is 3. The molecule has 0 aliphatic heterocycles. The second-order valence-electron chi connectivity index (χ2n) is 3.39. The van der Waals surface area contributed by atoms with Crippen LogP contribution in [0.4, 0.5) is 0 Å². The zero-order chi connectivity index (χ0) is 11.4. The monoisotopic (exact) mass is 213 g/mol. The predicted molar refractivity (Wildman–Crippen MR) is 61.0 cm³/mol. The molecule has 80 valence electrons. The second kappa shape index (κ2) is 4.57. The zero-order valence-corrected chi connectivity index (χ0v) is 8.88. The fraction of sp³-hybridized carbons (Fsp3) is 0.0769. The van der Waals surface area contributed by atoms with E-state index in [4.69, 9.17) is 4.42 Å². The molecule has 0 aromatic carbocycles. The summed E-state index contributed by atoms with van der Waals surface area (Å²) < 4.78 is 5.22. The number of rotatable bonds is 3. The number of allylic oxidation sites excluding steroid dienone is 1. The Morgan fingerprint density at radius 1 is 1.38 bits per heavy atom. The summed E-state index contributed by atoms with van der Waals surface area (Å²) in [5, 5.41) is 0. The van der Waals surface area contributed by atoms with Gasteiger partial charge in [-0.1, -0.05) is 6.07 Å². The van der Waals surface area contributed by atoms with Crippen molar-refractivity contribution in [3.63, 3.8) is 0 Å². The first-order valence-electron chi connectivity index (χ1n) is 4.94. The number of aromatic nitrogens is 1. The average Bonchev–Trinajstić information content (AvgIpc) is 2.74. The number of ketones is 1. The molecular formula is C13H11NO2. The fourth-order valence-electron chi connectivity index (χ4n) is 1.30. The van der Waals surface area contributed by atoms with Crippen LogP contribution in [-0.2, 0) is 0 Å². The van der Waals surface area contributed by atoms with E-state index in [9.17, 15) is 4.79 Å². The van der Waals surface area contributed by atoms with Gasteiger partial charge >= 0.3 is 0 Å². The van der Waals surface area contributed by atoms with E-state index >= 15 is 0 Å². The van der Waals surface area contributed by atoms with Crippen LogP contribution in [0.1, 0.15) is 21.9 Å². The molecule has 2 aromatic rings. The van der Waals surface area contributed by atoms with E-state index in [0.29, 0.717) is 5.76 Å². The highest BCUT2D eigenvalue weighted by Gasteiger charge is 2.05. The Labute approximate surface area is 93.4 Å². The van der Waals surface area contributed by atoms with Crippen molar-refractivity contribution < 1.29 is 9.21 Å². The van der Waals surface area contributed by atoms with E-state index in [1.165, 1.54) is 6.08 Å². The number of hydrogen-bond donors (Lipinski definition) is 0. The van der Waals surface area contributed by atoms with Crippen molar-refractivity contribution in [1.82, 2.24) is 4.98 Å². The van der Waals surface area contributed by atoms with Gasteiger partial charge in [0.15, 0.2) is 5.76 Å². The van der Waals surface area contributed by atoms with Gasteiger partial charge in [-0.2, -0.15) is 0 Å². The van der Waals surface area contributed by atoms with E-state index in [1.807, 2.05) is 19.1 Å². The summed E-state index contributed by atoms with van der Waals surface area (Å²) in [6, 6.07) is 7.14. The molecule has 0 atom stereocenters. The molecule has 0 amide bonds. The first-order chi connectivity index (χ1) is 7.75. The minimum Gasteiger partial charge on any atom is -0.458 e. The van der Waals surface area contributed by atoms with Gasteiger partial charge in [0.1, 0.15) is 5.76 Å². The minimum absolute atomic E-state index is 0.142. The Hall–Kier alpha value is -2.16. The summed E-state index contributed by atoms with van der Waals surface area (Å²) in [6.45, 7) is 1.81. The molecule has 0 saturated heterocycles. The quantitative estimate of drug-likeness (QED) is 0.581. The third-order valence-corrected chi connectivity index (χ3v) is 2.09. The Kier molecular flexibility index (Phi) is 2.96.